The summed E-state index contributed by atoms with van der Waals surface area (Å²) in [7, 11) is 0. The summed E-state index contributed by atoms with van der Waals surface area (Å²) in [5.41, 5.74) is 1.84. The molecule has 6 heteroatoms. The molecule has 0 fully saturated rings. The Labute approximate surface area is 152 Å². The minimum atomic E-state index is -0.299. The maximum atomic E-state index is 12.2. The summed E-state index contributed by atoms with van der Waals surface area (Å²) in [5, 5.41) is 1.76. The zero-order chi connectivity index (χ0) is 16.6. The van der Waals surface area contributed by atoms with Crippen LogP contribution in [0.1, 0.15) is 0 Å². The van der Waals surface area contributed by atoms with E-state index in [2.05, 4.69) is 4.98 Å². The maximum Gasteiger partial charge on any atom is 0.255 e. The molecule has 2 nitrogen and oxygen atoms in total. The number of H-pyrrole nitrogens is 1. The lowest BCUT2D eigenvalue weighted by Gasteiger charge is -2.10. The van der Waals surface area contributed by atoms with Crippen molar-refractivity contribution >= 4 is 46.4 Å². The van der Waals surface area contributed by atoms with E-state index in [1.165, 1.54) is 0 Å². The van der Waals surface area contributed by atoms with Gasteiger partial charge in [-0.25, -0.2) is 0 Å². The standard InChI is InChI=1S/C17H9Cl4NO/c18-11-3-1-4-12(19)15(11)9-7-10(17(23)22-8-9)16-13(20)5-2-6-14(16)21/h1-8H,(H,22,23). The Kier molecular flexibility index (Phi) is 4.69. The van der Waals surface area contributed by atoms with E-state index < -0.39 is 0 Å². The Morgan fingerprint density at radius 2 is 1.22 bits per heavy atom. The second kappa shape index (κ2) is 6.58. The number of hydrogen-bond acceptors (Lipinski definition) is 1. The summed E-state index contributed by atoms with van der Waals surface area (Å²) in [6.45, 7) is 0. The van der Waals surface area contributed by atoms with Crippen molar-refractivity contribution in [3.8, 4) is 22.3 Å². The van der Waals surface area contributed by atoms with E-state index in [9.17, 15) is 4.79 Å². The highest BCUT2D eigenvalue weighted by Gasteiger charge is 2.15. The van der Waals surface area contributed by atoms with Crippen LogP contribution < -0.4 is 5.56 Å². The van der Waals surface area contributed by atoms with Crippen LogP contribution in [-0.4, -0.2) is 4.98 Å². The summed E-state index contributed by atoms with van der Waals surface area (Å²) < 4.78 is 0. The van der Waals surface area contributed by atoms with Crippen LogP contribution in [0, 0.1) is 0 Å². The smallest absolute Gasteiger partial charge is 0.255 e. The number of rotatable bonds is 2. The topological polar surface area (TPSA) is 32.9 Å². The summed E-state index contributed by atoms with van der Waals surface area (Å²) in [5.74, 6) is 0. The van der Waals surface area contributed by atoms with Crippen molar-refractivity contribution in [2.24, 2.45) is 0 Å². The lowest BCUT2D eigenvalue weighted by atomic mass is 10.0. The van der Waals surface area contributed by atoms with Crippen molar-refractivity contribution in [1.29, 1.82) is 0 Å². The van der Waals surface area contributed by atoms with Crippen molar-refractivity contribution in [3.63, 3.8) is 0 Å². The average Bonchev–Trinajstić information content (AvgIpc) is 2.49. The van der Waals surface area contributed by atoms with E-state index in [0.29, 0.717) is 42.3 Å². The number of aromatic amines is 1. The Balaban J connectivity index is 2.28. The molecule has 2 aromatic carbocycles. The first-order valence-corrected chi connectivity index (χ1v) is 8.11. The maximum absolute atomic E-state index is 12.2. The van der Waals surface area contributed by atoms with Gasteiger partial charge in [-0.2, -0.15) is 0 Å². The van der Waals surface area contributed by atoms with Crippen LogP contribution in [0.5, 0.6) is 0 Å². The van der Waals surface area contributed by atoms with Crippen LogP contribution in [0.2, 0.25) is 20.1 Å². The van der Waals surface area contributed by atoms with Gasteiger partial charge in [0.1, 0.15) is 0 Å². The molecule has 3 aromatic rings. The van der Waals surface area contributed by atoms with E-state index in [1.807, 2.05) is 0 Å². The fourth-order valence-electron chi connectivity index (χ4n) is 2.34. The van der Waals surface area contributed by atoms with E-state index in [4.69, 9.17) is 46.4 Å². The van der Waals surface area contributed by atoms with Gasteiger partial charge < -0.3 is 4.98 Å². The molecule has 0 bridgehead atoms. The van der Waals surface area contributed by atoms with Gasteiger partial charge in [0.2, 0.25) is 0 Å². The number of aromatic nitrogens is 1. The molecule has 1 aromatic heterocycles. The Morgan fingerprint density at radius 1 is 0.739 bits per heavy atom. The minimum absolute atomic E-state index is 0.299. The molecule has 0 saturated carbocycles. The molecular formula is C17H9Cl4NO. The molecule has 1 N–H and O–H groups in total. The van der Waals surface area contributed by atoms with Gasteiger partial charge in [0, 0.05) is 32.9 Å². The molecule has 0 unspecified atom stereocenters. The highest BCUT2D eigenvalue weighted by molar-refractivity contribution is 6.40. The van der Waals surface area contributed by atoms with E-state index in [0.717, 1.165) is 0 Å². The third-order valence-electron chi connectivity index (χ3n) is 3.39. The monoisotopic (exact) mass is 383 g/mol. The molecule has 116 valence electrons. The molecule has 23 heavy (non-hydrogen) atoms. The van der Waals surface area contributed by atoms with Crippen molar-refractivity contribution in [3.05, 3.63) is 79.1 Å². The van der Waals surface area contributed by atoms with Gasteiger partial charge in [0.05, 0.1) is 15.6 Å². The SMILES string of the molecule is O=c1[nH]cc(-c2c(Cl)cccc2Cl)cc1-c1c(Cl)cccc1Cl. The van der Waals surface area contributed by atoms with Crippen LogP contribution in [0.4, 0.5) is 0 Å². The highest BCUT2D eigenvalue weighted by atomic mass is 35.5. The third-order valence-corrected chi connectivity index (χ3v) is 4.65. The van der Waals surface area contributed by atoms with E-state index in [-0.39, 0.29) is 5.56 Å². The van der Waals surface area contributed by atoms with Crippen molar-refractivity contribution in [1.82, 2.24) is 4.98 Å². The third kappa shape index (κ3) is 3.13. The van der Waals surface area contributed by atoms with Gasteiger partial charge >= 0.3 is 0 Å². The predicted molar refractivity (Wildman–Crippen MR) is 98.0 cm³/mol. The highest BCUT2D eigenvalue weighted by Crippen LogP contribution is 2.37. The minimum Gasteiger partial charge on any atom is -0.328 e. The molecule has 0 aliphatic rings. The molecule has 0 amide bonds. The summed E-state index contributed by atoms with van der Waals surface area (Å²) in [6.07, 6.45) is 1.56. The predicted octanol–water partition coefficient (Wildman–Crippen LogP) is 6.32. The summed E-state index contributed by atoms with van der Waals surface area (Å²) >= 11 is 24.9. The molecule has 3 rings (SSSR count). The average molecular weight is 385 g/mol. The Hall–Kier alpha value is -1.45. The van der Waals surface area contributed by atoms with Gasteiger partial charge in [-0.05, 0) is 30.3 Å². The number of pyridine rings is 1. The van der Waals surface area contributed by atoms with Gasteiger partial charge in [0.15, 0.2) is 0 Å². The molecule has 1 heterocycles. The number of nitrogens with one attached hydrogen (secondary N) is 1. The quantitative estimate of drug-likeness (QED) is 0.550. The fraction of sp³-hybridized carbons (Fsp3) is 0. The Bertz CT molecular complexity index is 909. The van der Waals surface area contributed by atoms with Gasteiger partial charge in [-0.15, -0.1) is 0 Å². The second-order valence-corrected chi connectivity index (χ2v) is 6.45. The van der Waals surface area contributed by atoms with Crippen molar-refractivity contribution in [2.45, 2.75) is 0 Å². The van der Waals surface area contributed by atoms with Crippen molar-refractivity contribution < 1.29 is 0 Å². The number of benzene rings is 2. The molecule has 0 aliphatic carbocycles. The molecule has 0 atom stereocenters. The molecule has 0 radical (unpaired) electrons. The van der Waals surface area contributed by atoms with Gasteiger partial charge in [0.25, 0.3) is 5.56 Å². The van der Waals surface area contributed by atoms with Crippen LogP contribution >= 0.6 is 46.4 Å². The first kappa shape index (κ1) is 16.4. The van der Waals surface area contributed by atoms with Crippen LogP contribution in [0.3, 0.4) is 0 Å². The van der Waals surface area contributed by atoms with Gasteiger partial charge in [-0.3, -0.25) is 4.79 Å². The van der Waals surface area contributed by atoms with Crippen LogP contribution in [0.15, 0.2) is 53.5 Å². The zero-order valence-corrected chi connectivity index (χ0v) is 14.6. The van der Waals surface area contributed by atoms with Crippen LogP contribution in [0.25, 0.3) is 22.3 Å². The fourth-order valence-corrected chi connectivity index (χ4v) is 3.56. The van der Waals surface area contributed by atoms with Crippen LogP contribution in [-0.2, 0) is 0 Å². The van der Waals surface area contributed by atoms with E-state index in [1.54, 1.807) is 48.7 Å². The summed E-state index contributed by atoms with van der Waals surface area (Å²) in [6, 6.07) is 12.0. The molecule has 0 saturated heterocycles. The number of halogens is 4. The molecular weight excluding hydrogens is 376 g/mol. The van der Waals surface area contributed by atoms with E-state index >= 15 is 0 Å². The lowest BCUT2D eigenvalue weighted by Crippen LogP contribution is -2.09. The number of hydrogen-bond donors (Lipinski definition) is 1. The van der Waals surface area contributed by atoms with Gasteiger partial charge in [-0.1, -0.05) is 58.5 Å². The largest absolute Gasteiger partial charge is 0.328 e. The zero-order valence-electron chi connectivity index (χ0n) is 11.5. The second-order valence-electron chi connectivity index (χ2n) is 4.82. The Morgan fingerprint density at radius 3 is 1.74 bits per heavy atom. The first-order valence-electron chi connectivity index (χ1n) is 6.60. The first-order chi connectivity index (χ1) is 11.0. The summed E-state index contributed by atoms with van der Waals surface area (Å²) in [4.78, 5) is 14.9. The normalized spacial score (nSPS) is 10.8. The molecule has 0 spiro atoms. The molecule has 0 aliphatic heterocycles. The van der Waals surface area contributed by atoms with Crippen molar-refractivity contribution in [2.75, 3.05) is 0 Å². The lowest BCUT2D eigenvalue weighted by molar-refractivity contribution is 1.24.